The summed E-state index contributed by atoms with van der Waals surface area (Å²) in [5.41, 5.74) is 5.71. The molecule has 0 aliphatic carbocycles. The fourth-order valence-electron chi connectivity index (χ4n) is 6.76. The predicted octanol–water partition coefficient (Wildman–Crippen LogP) is 6.89. The summed E-state index contributed by atoms with van der Waals surface area (Å²) >= 11 is 0. The molecule has 0 unspecified atom stereocenters. The van der Waals surface area contributed by atoms with Crippen LogP contribution in [0.3, 0.4) is 0 Å². The second-order valence-corrected chi connectivity index (χ2v) is 15.0. The fourth-order valence-corrected chi connectivity index (χ4v) is 11.7. The number of pyridine rings is 3. The summed E-state index contributed by atoms with van der Waals surface area (Å²) < 4.78 is 0. The smallest absolute Gasteiger partial charge is 0.180 e. The Morgan fingerprint density at radius 1 is 0.400 bits per heavy atom. The van der Waals surface area contributed by atoms with Crippen molar-refractivity contribution in [2.24, 2.45) is 0 Å². The lowest BCUT2D eigenvalue weighted by molar-refractivity contribution is 1.27. The third kappa shape index (κ3) is 4.55. The highest BCUT2D eigenvalue weighted by Gasteiger charge is 2.42. The molecule has 0 saturated carbocycles. The maximum atomic E-state index is 5.29. The first kappa shape index (κ1) is 26.9. The second-order valence-electron chi connectivity index (χ2n) is 11.2. The van der Waals surface area contributed by atoms with Gasteiger partial charge in [0.2, 0.25) is 0 Å². The van der Waals surface area contributed by atoms with Gasteiger partial charge in [-0.3, -0.25) is 9.97 Å². The summed E-state index contributed by atoms with van der Waals surface area (Å²) in [5.74, 6) is 0. The molecule has 8 rings (SSSR count). The molecule has 4 heteroatoms. The van der Waals surface area contributed by atoms with E-state index in [-0.39, 0.29) is 0 Å². The van der Waals surface area contributed by atoms with E-state index in [1.165, 1.54) is 20.7 Å². The van der Waals surface area contributed by atoms with Gasteiger partial charge in [0, 0.05) is 23.2 Å². The molecule has 0 spiro atoms. The number of hydrogen-bond acceptors (Lipinski definition) is 3. The number of aromatic nitrogens is 3. The standard InChI is InChI=1S/C41H29N3Si/c1-5-15-30(16-6-1)36-29-38(37-23-13-14-27-42-37)44-41-34(36)24-25-35-39(26-28-43-40(35)41)45(31-17-7-2-8-18-31,32-19-9-3-10-20-32)33-21-11-4-12-22-33/h1-29H. The van der Waals surface area contributed by atoms with Crippen LogP contribution in [0.2, 0.25) is 0 Å². The maximum absolute atomic E-state index is 5.29. The normalized spacial score (nSPS) is 11.6. The minimum absolute atomic E-state index is 0.833. The van der Waals surface area contributed by atoms with Gasteiger partial charge in [0.15, 0.2) is 8.07 Å². The Morgan fingerprint density at radius 2 is 0.956 bits per heavy atom. The van der Waals surface area contributed by atoms with Crippen molar-refractivity contribution in [3.05, 3.63) is 176 Å². The fraction of sp³-hybridized carbons (Fsp3) is 0. The minimum atomic E-state index is -2.79. The van der Waals surface area contributed by atoms with Gasteiger partial charge in [0.05, 0.1) is 22.4 Å². The molecule has 3 nitrogen and oxygen atoms in total. The summed E-state index contributed by atoms with van der Waals surface area (Å²) in [6, 6.07) is 58.5. The van der Waals surface area contributed by atoms with E-state index in [4.69, 9.17) is 9.97 Å². The Balaban J connectivity index is 1.51. The maximum Gasteiger partial charge on any atom is 0.180 e. The van der Waals surface area contributed by atoms with Gasteiger partial charge in [-0.2, -0.15) is 0 Å². The van der Waals surface area contributed by atoms with Crippen LogP contribution in [-0.4, -0.2) is 23.0 Å². The van der Waals surface area contributed by atoms with Gasteiger partial charge in [0.1, 0.15) is 0 Å². The van der Waals surface area contributed by atoms with Crippen LogP contribution in [0.4, 0.5) is 0 Å². The number of hydrogen-bond donors (Lipinski definition) is 0. The molecule has 0 aliphatic rings. The Bertz CT molecular complexity index is 2140. The van der Waals surface area contributed by atoms with Crippen LogP contribution in [0, 0.1) is 0 Å². The third-order valence-electron chi connectivity index (χ3n) is 8.73. The Kier molecular flexibility index (Phi) is 6.82. The molecule has 0 saturated heterocycles. The van der Waals surface area contributed by atoms with Crippen LogP contribution in [0.1, 0.15) is 0 Å². The molecule has 0 amide bonds. The van der Waals surface area contributed by atoms with Crippen molar-refractivity contribution in [3.63, 3.8) is 0 Å². The average Bonchev–Trinajstić information content (AvgIpc) is 3.13. The zero-order valence-corrected chi connectivity index (χ0v) is 25.6. The van der Waals surface area contributed by atoms with Crippen LogP contribution < -0.4 is 20.7 Å². The molecule has 0 aliphatic heterocycles. The largest absolute Gasteiger partial charge is 0.255 e. The van der Waals surface area contributed by atoms with Crippen LogP contribution in [0.15, 0.2) is 176 Å². The van der Waals surface area contributed by atoms with E-state index in [2.05, 4.69) is 151 Å². The molecule has 0 bridgehead atoms. The topological polar surface area (TPSA) is 38.7 Å². The van der Waals surface area contributed by atoms with E-state index in [0.717, 1.165) is 44.3 Å². The summed E-state index contributed by atoms with van der Waals surface area (Å²) in [6.45, 7) is 0. The van der Waals surface area contributed by atoms with Crippen molar-refractivity contribution in [2.45, 2.75) is 0 Å². The van der Waals surface area contributed by atoms with E-state index >= 15 is 0 Å². The zero-order valence-electron chi connectivity index (χ0n) is 24.6. The van der Waals surface area contributed by atoms with Crippen molar-refractivity contribution in [3.8, 4) is 22.5 Å². The molecule has 3 heterocycles. The molecule has 8 aromatic rings. The second kappa shape index (κ2) is 11.4. The Hall–Kier alpha value is -5.71. The molecule has 0 fully saturated rings. The van der Waals surface area contributed by atoms with Crippen molar-refractivity contribution in [1.29, 1.82) is 0 Å². The van der Waals surface area contributed by atoms with E-state index in [0.29, 0.717) is 0 Å². The number of rotatable bonds is 6. The van der Waals surface area contributed by atoms with Gasteiger partial charge in [-0.05, 0) is 56.1 Å². The van der Waals surface area contributed by atoms with Crippen molar-refractivity contribution in [1.82, 2.24) is 15.0 Å². The third-order valence-corrected chi connectivity index (χ3v) is 13.6. The number of nitrogens with zero attached hydrogens (tertiary/aromatic N) is 3. The lowest BCUT2D eigenvalue weighted by Crippen LogP contribution is -2.74. The summed E-state index contributed by atoms with van der Waals surface area (Å²) in [4.78, 5) is 15.0. The van der Waals surface area contributed by atoms with Gasteiger partial charge in [-0.25, -0.2) is 4.98 Å². The van der Waals surface area contributed by atoms with Crippen LogP contribution in [0.5, 0.6) is 0 Å². The van der Waals surface area contributed by atoms with Crippen molar-refractivity contribution < 1.29 is 0 Å². The quantitative estimate of drug-likeness (QED) is 0.120. The van der Waals surface area contributed by atoms with Crippen LogP contribution in [-0.2, 0) is 0 Å². The first-order valence-electron chi connectivity index (χ1n) is 15.2. The van der Waals surface area contributed by atoms with Crippen molar-refractivity contribution >= 4 is 50.6 Å². The van der Waals surface area contributed by atoms with Gasteiger partial charge >= 0.3 is 0 Å². The van der Waals surface area contributed by atoms with E-state index in [1.54, 1.807) is 0 Å². The van der Waals surface area contributed by atoms with Crippen LogP contribution in [0.25, 0.3) is 44.3 Å². The molecule has 212 valence electrons. The van der Waals surface area contributed by atoms with Gasteiger partial charge in [0.25, 0.3) is 0 Å². The van der Waals surface area contributed by atoms with Gasteiger partial charge < -0.3 is 0 Å². The summed E-state index contributed by atoms with van der Waals surface area (Å²) in [6.07, 6.45) is 3.80. The SMILES string of the molecule is c1ccc(-c2cc(-c3ccccn3)nc3c2ccc2c([Si](c4ccccc4)(c4ccccc4)c4ccccc4)ccnc23)cc1. The first-order valence-corrected chi connectivity index (χ1v) is 17.2. The molecular formula is C41H29N3Si. The molecular weight excluding hydrogens is 563 g/mol. The Morgan fingerprint density at radius 3 is 1.53 bits per heavy atom. The van der Waals surface area contributed by atoms with E-state index in [9.17, 15) is 0 Å². The van der Waals surface area contributed by atoms with E-state index in [1.807, 2.05) is 30.6 Å². The molecule has 45 heavy (non-hydrogen) atoms. The molecule has 3 aromatic heterocycles. The summed E-state index contributed by atoms with van der Waals surface area (Å²) in [7, 11) is -2.79. The minimum Gasteiger partial charge on any atom is -0.255 e. The lowest BCUT2D eigenvalue weighted by atomic mass is 9.98. The zero-order chi connectivity index (χ0) is 30.1. The number of fused-ring (bicyclic) bond motifs is 3. The average molecular weight is 592 g/mol. The molecule has 5 aromatic carbocycles. The molecule has 0 radical (unpaired) electrons. The van der Waals surface area contributed by atoms with Crippen molar-refractivity contribution in [2.75, 3.05) is 0 Å². The van der Waals surface area contributed by atoms with Crippen LogP contribution >= 0.6 is 0 Å². The molecule has 0 atom stereocenters. The lowest BCUT2D eigenvalue weighted by Gasteiger charge is -2.35. The highest BCUT2D eigenvalue weighted by Crippen LogP contribution is 2.34. The predicted molar refractivity (Wildman–Crippen MR) is 189 cm³/mol. The summed E-state index contributed by atoms with van der Waals surface area (Å²) in [5, 5.41) is 7.48. The highest BCUT2D eigenvalue weighted by molar-refractivity contribution is 7.20. The van der Waals surface area contributed by atoms with E-state index < -0.39 is 8.07 Å². The first-order chi connectivity index (χ1) is 22.3. The highest BCUT2D eigenvalue weighted by atomic mass is 28.3. The Labute approximate surface area is 263 Å². The van der Waals surface area contributed by atoms with Gasteiger partial charge in [-0.15, -0.1) is 0 Å². The van der Waals surface area contributed by atoms with Gasteiger partial charge in [-0.1, -0.05) is 140 Å². The molecule has 0 N–H and O–H groups in total. The number of benzene rings is 5. The monoisotopic (exact) mass is 591 g/mol.